The Bertz CT molecular complexity index is 561. The molecule has 0 bridgehead atoms. The molecular formula is C10H4F6N2O. The van der Waals surface area contributed by atoms with Crippen LogP contribution in [0, 0.1) is 28.8 Å². The molecule has 0 spiro atoms. The number of rotatable bonds is 2. The number of nitriles is 1. The second-order valence-electron chi connectivity index (χ2n) is 3.29. The van der Waals surface area contributed by atoms with Gasteiger partial charge in [-0.1, -0.05) is 0 Å². The first-order chi connectivity index (χ1) is 8.68. The van der Waals surface area contributed by atoms with Crippen LogP contribution in [0.15, 0.2) is 6.07 Å². The van der Waals surface area contributed by atoms with Gasteiger partial charge in [-0.05, 0) is 0 Å². The van der Waals surface area contributed by atoms with Gasteiger partial charge in [-0.3, -0.25) is 4.79 Å². The SMILES string of the molecule is N#CCC(=O)Nc1cc(F)c(C(F)(F)F)c(F)c1F. The molecule has 0 fully saturated rings. The van der Waals surface area contributed by atoms with E-state index in [-0.39, 0.29) is 6.07 Å². The summed E-state index contributed by atoms with van der Waals surface area (Å²) in [5, 5.41) is 9.73. The minimum Gasteiger partial charge on any atom is -0.323 e. The second kappa shape index (κ2) is 5.17. The van der Waals surface area contributed by atoms with E-state index in [4.69, 9.17) is 5.26 Å². The molecule has 9 heteroatoms. The van der Waals surface area contributed by atoms with Gasteiger partial charge in [-0.25, -0.2) is 13.2 Å². The number of nitrogens with one attached hydrogen (secondary N) is 1. The summed E-state index contributed by atoms with van der Waals surface area (Å²) in [5.74, 6) is -7.70. The van der Waals surface area contributed by atoms with Crippen molar-refractivity contribution in [2.45, 2.75) is 12.6 Å². The predicted molar refractivity (Wildman–Crippen MR) is 50.2 cm³/mol. The normalized spacial score (nSPS) is 11.0. The van der Waals surface area contributed by atoms with Gasteiger partial charge in [0.25, 0.3) is 0 Å². The van der Waals surface area contributed by atoms with Crippen LogP contribution in [0.5, 0.6) is 0 Å². The Hall–Kier alpha value is -2.24. The maximum absolute atomic E-state index is 13.2. The van der Waals surface area contributed by atoms with Crippen LogP contribution in [0.4, 0.5) is 32.0 Å². The molecule has 0 aliphatic heterocycles. The van der Waals surface area contributed by atoms with Gasteiger partial charge in [0.1, 0.15) is 17.8 Å². The first-order valence-corrected chi connectivity index (χ1v) is 4.60. The Morgan fingerprint density at radius 2 is 1.84 bits per heavy atom. The zero-order valence-electron chi connectivity index (χ0n) is 8.91. The molecule has 0 atom stereocenters. The van der Waals surface area contributed by atoms with Gasteiger partial charge in [0, 0.05) is 6.07 Å². The zero-order chi connectivity index (χ0) is 14.8. The molecule has 1 aromatic carbocycles. The number of alkyl halides is 3. The molecule has 0 aliphatic carbocycles. The first kappa shape index (κ1) is 14.8. The zero-order valence-corrected chi connectivity index (χ0v) is 8.91. The van der Waals surface area contributed by atoms with E-state index < -0.39 is 47.2 Å². The summed E-state index contributed by atoms with van der Waals surface area (Å²) in [7, 11) is 0. The number of carbonyl (C=O) groups excluding carboxylic acids is 1. The highest BCUT2D eigenvalue weighted by Crippen LogP contribution is 2.36. The number of halogens is 6. The number of hydrogen-bond acceptors (Lipinski definition) is 2. The van der Waals surface area contributed by atoms with Crippen LogP contribution in [-0.4, -0.2) is 5.91 Å². The molecule has 0 saturated heterocycles. The predicted octanol–water partition coefficient (Wildman–Crippen LogP) is 2.97. The van der Waals surface area contributed by atoms with E-state index in [1.54, 1.807) is 5.32 Å². The smallest absolute Gasteiger partial charge is 0.323 e. The molecule has 1 amide bonds. The van der Waals surface area contributed by atoms with Gasteiger partial charge in [0.05, 0.1) is 11.8 Å². The number of anilines is 1. The van der Waals surface area contributed by atoms with Crippen molar-refractivity contribution in [1.82, 2.24) is 0 Å². The molecular weight excluding hydrogens is 278 g/mol. The number of benzene rings is 1. The van der Waals surface area contributed by atoms with E-state index in [0.29, 0.717) is 0 Å². The molecule has 1 N–H and O–H groups in total. The second-order valence-corrected chi connectivity index (χ2v) is 3.29. The van der Waals surface area contributed by atoms with E-state index in [1.807, 2.05) is 0 Å². The molecule has 0 aromatic heterocycles. The Morgan fingerprint density at radius 3 is 2.32 bits per heavy atom. The summed E-state index contributed by atoms with van der Waals surface area (Å²) >= 11 is 0. The van der Waals surface area contributed by atoms with Crippen molar-refractivity contribution < 1.29 is 31.1 Å². The summed E-state index contributed by atoms with van der Waals surface area (Å²) in [5.41, 5.74) is -3.49. The van der Waals surface area contributed by atoms with Crippen molar-refractivity contribution in [2.75, 3.05) is 5.32 Å². The van der Waals surface area contributed by atoms with Gasteiger partial charge in [-0.2, -0.15) is 18.4 Å². The van der Waals surface area contributed by atoms with E-state index in [1.165, 1.54) is 6.07 Å². The topological polar surface area (TPSA) is 52.9 Å². The van der Waals surface area contributed by atoms with Crippen LogP contribution in [0.2, 0.25) is 0 Å². The molecule has 0 aliphatic rings. The van der Waals surface area contributed by atoms with E-state index >= 15 is 0 Å². The lowest BCUT2D eigenvalue weighted by Crippen LogP contribution is -2.17. The van der Waals surface area contributed by atoms with Crippen LogP contribution >= 0.6 is 0 Å². The Balaban J connectivity index is 3.27. The third kappa shape index (κ3) is 3.15. The lowest BCUT2D eigenvalue weighted by molar-refractivity contribution is -0.142. The lowest BCUT2D eigenvalue weighted by Gasteiger charge is -2.12. The summed E-state index contributed by atoms with van der Waals surface area (Å²) in [6.07, 6.45) is -6.16. The van der Waals surface area contributed by atoms with Crippen molar-refractivity contribution in [3.8, 4) is 6.07 Å². The van der Waals surface area contributed by atoms with Crippen molar-refractivity contribution in [1.29, 1.82) is 5.26 Å². The fourth-order valence-corrected chi connectivity index (χ4v) is 1.21. The van der Waals surface area contributed by atoms with Crippen LogP contribution in [0.1, 0.15) is 12.0 Å². The van der Waals surface area contributed by atoms with Crippen LogP contribution in [0.3, 0.4) is 0 Å². The first-order valence-electron chi connectivity index (χ1n) is 4.60. The summed E-state index contributed by atoms with van der Waals surface area (Å²) in [6.45, 7) is 0. The lowest BCUT2D eigenvalue weighted by atomic mass is 10.1. The highest BCUT2D eigenvalue weighted by molar-refractivity contribution is 5.92. The van der Waals surface area contributed by atoms with Gasteiger partial charge in [-0.15, -0.1) is 0 Å². The summed E-state index contributed by atoms with van der Waals surface area (Å²) in [4.78, 5) is 10.9. The highest BCUT2D eigenvalue weighted by Gasteiger charge is 2.40. The van der Waals surface area contributed by atoms with Crippen LogP contribution < -0.4 is 5.32 Å². The molecule has 1 rings (SSSR count). The molecule has 0 radical (unpaired) electrons. The fourth-order valence-electron chi connectivity index (χ4n) is 1.21. The Morgan fingerprint density at radius 1 is 1.26 bits per heavy atom. The van der Waals surface area contributed by atoms with Crippen LogP contribution in [0.25, 0.3) is 0 Å². The molecule has 19 heavy (non-hydrogen) atoms. The third-order valence-electron chi connectivity index (χ3n) is 1.96. The minimum absolute atomic E-state index is 0.00346. The summed E-state index contributed by atoms with van der Waals surface area (Å²) in [6, 6.07) is 1.37. The van der Waals surface area contributed by atoms with Crippen LogP contribution in [-0.2, 0) is 11.0 Å². The average Bonchev–Trinajstić information content (AvgIpc) is 2.23. The number of carbonyl (C=O) groups is 1. The molecule has 0 saturated carbocycles. The molecule has 3 nitrogen and oxygen atoms in total. The number of amides is 1. The van der Waals surface area contributed by atoms with Crippen molar-refractivity contribution in [3.05, 3.63) is 29.1 Å². The van der Waals surface area contributed by atoms with Crippen molar-refractivity contribution in [3.63, 3.8) is 0 Å². The van der Waals surface area contributed by atoms with Gasteiger partial charge in [0.15, 0.2) is 11.6 Å². The van der Waals surface area contributed by atoms with Gasteiger partial charge >= 0.3 is 6.18 Å². The van der Waals surface area contributed by atoms with Crippen molar-refractivity contribution >= 4 is 11.6 Å². The van der Waals surface area contributed by atoms with E-state index in [0.717, 1.165) is 0 Å². The van der Waals surface area contributed by atoms with Gasteiger partial charge < -0.3 is 5.32 Å². The fraction of sp³-hybridized carbons (Fsp3) is 0.200. The van der Waals surface area contributed by atoms with E-state index in [9.17, 15) is 31.1 Å². The highest BCUT2D eigenvalue weighted by atomic mass is 19.4. The minimum atomic E-state index is -5.41. The number of nitrogens with zero attached hydrogens (tertiary/aromatic N) is 1. The average molecular weight is 282 g/mol. The quantitative estimate of drug-likeness (QED) is 0.669. The monoisotopic (exact) mass is 282 g/mol. The van der Waals surface area contributed by atoms with Gasteiger partial charge in [0.2, 0.25) is 5.91 Å². The number of hydrogen-bond donors (Lipinski definition) is 1. The largest absolute Gasteiger partial charge is 0.422 e. The Kier molecular flexibility index (Phi) is 4.04. The maximum Gasteiger partial charge on any atom is 0.422 e. The van der Waals surface area contributed by atoms with E-state index in [2.05, 4.69) is 0 Å². The van der Waals surface area contributed by atoms with Crippen molar-refractivity contribution in [2.24, 2.45) is 0 Å². The standard InChI is InChI=1S/C10H4F6N2O/c11-4-3-5(18-6(19)1-2-17)8(12)9(13)7(4)10(14,15)16/h3H,1H2,(H,18,19). The molecule has 0 heterocycles. The summed E-state index contributed by atoms with van der Waals surface area (Å²) < 4.78 is 76.1. The molecule has 0 unspecified atom stereocenters. The molecule has 102 valence electrons. The third-order valence-corrected chi connectivity index (χ3v) is 1.96. The Labute approximate surface area is 102 Å². The maximum atomic E-state index is 13.2. The molecule has 1 aromatic rings.